The van der Waals surface area contributed by atoms with Crippen LogP contribution in [0.1, 0.15) is 28.8 Å². The second-order valence-electron chi connectivity index (χ2n) is 6.75. The van der Waals surface area contributed by atoms with E-state index in [0.717, 1.165) is 23.4 Å². The Morgan fingerprint density at radius 3 is 2.64 bits per heavy atom. The lowest BCUT2D eigenvalue weighted by Crippen LogP contribution is -2.18. The maximum atomic E-state index is 12.4. The van der Waals surface area contributed by atoms with E-state index in [0.29, 0.717) is 16.5 Å². The molecule has 1 spiro atoms. The van der Waals surface area contributed by atoms with E-state index in [-0.39, 0.29) is 11.4 Å². The van der Waals surface area contributed by atoms with Crippen LogP contribution >= 0.6 is 11.6 Å². The molecular weight excluding hydrogens is 340 g/mol. The maximum Gasteiger partial charge on any atom is 0.338 e. The van der Waals surface area contributed by atoms with Gasteiger partial charge in [-0.1, -0.05) is 11.6 Å². The number of ether oxygens (including phenoxy) is 2. The number of rotatable bonds is 3. The molecule has 0 amide bonds. The molecule has 4 rings (SSSR count). The van der Waals surface area contributed by atoms with Crippen molar-refractivity contribution in [1.82, 2.24) is 4.98 Å². The monoisotopic (exact) mass is 358 g/mol. The van der Waals surface area contributed by atoms with Crippen molar-refractivity contribution in [2.45, 2.75) is 18.3 Å². The molecule has 5 nitrogen and oxygen atoms in total. The summed E-state index contributed by atoms with van der Waals surface area (Å²) < 4.78 is 10.5. The van der Waals surface area contributed by atoms with Crippen LogP contribution in [-0.4, -0.2) is 38.8 Å². The topological polar surface area (TPSA) is 51.7 Å². The number of halogens is 1. The first-order valence-corrected chi connectivity index (χ1v) is 8.55. The molecule has 0 bridgehead atoms. The number of nitrogens with zero attached hydrogens (tertiary/aromatic N) is 2. The van der Waals surface area contributed by atoms with Crippen LogP contribution in [0.2, 0.25) is 5.15 Å². The van der Waals surface area contributed by atoms with Gasteiger partial charge in [0, 0.05) is 35.8 Å². The molecule has 0 radical (unpaired) electrons. The number of carbonyl (C=O) groups excluding carboxylic acids is 1. The Labute approximate surface area is 151 Å². The van der Waals surface area contributed by atoms with Crippen LogP contribution in [0.25, 0.3) is 11.1 Å². The number of methoxy groups -OCH3 is 2. The second kappa shape index (κ2) is 5.63. The Bertz CT molecular complexity index is 877. The first-order valence-electron chi connectivity index (χ1n) is 8.17. The van der Waals surface area contributed by atoms with Crippen LogP contribution in [0.4, 0.5) is 5.69 Å². The van der Waals surface area contributed by atoms with Crippen molar-refractivity contribution >= 4 is 23.3 Å². The molecule has 130 valence electrons. The number of esters is 1. The van der Waals surface area contributed by atoms with Gasteiger partial charge < -0.3 is 14.4 Å². The van der Waals surface area contributed by atoms with Crippen LogP contribution in [0.15, 0.2) is 24.4 Å². The number of carbonyl (C=O) groups is 1. The third-order valence-corrected chi connectivity index (χ3v) is 5.47. The molecule has 0 saturated heterocycles. The predicted molar refractivity (Wildman–Crippen MR) is 96.8 cm³/mol. The summed E-state index contributed by atoms with van der Waals surface area (Å²) in [7, 11) is 5.04. The number of likely N-dealkylation sites (N-methyl/N-ethyl adjacent to an activating group) is 1. The lowest BCUT2D eigenvalue weighted by molar-refractivity contribution is 0.0601. The molecular formula is C19H19ClN2O3. The Hall–Kier alpha value is -2.27. The van der Waals surface area contributed by atoms with Crippen LogP contribution in [0.3, 0.4) is 0 Å². The number of benzene rings is 1. The second-order valence-corrected chi connectivity index (χ2v) is 7.14. The van der Waals surface area contributed by atoms with E-state index in [1.807, 2.05) is 6.07 Å². The molecule has 2 aromatic rings. The zero-order valence-electron chi connectivity index (χ0n) is 14.4. The van der Waals surface area contributed by atoms with Crippen molar-refractivity contribution in [3.05, 3.63) is 40.7 Å². The predicted octanol–water partition coefficient (Wildman–Crippen LogP) is 3.68. The van der Waals surface area contributed by atoms with Gasteiger partial charge in [-0.2, -0.15) is 0 Å². The summed E-state index contributed by atoms with van der Waals surface area (Å²) in [5.41, 5.74) is 4.63. The molecule has 1 saturated carbocycles. The third-order valence-electron chi connectivity index (χ3n) is 5.26. The average Bonchev–Trinajstić information content (AvgIpc) is 3.34. The van der Waals surface area contributed by atoms with Crippen molar-refractivity contribution in [2.24, 2.45) is 0 Å². The van der Waals surface area contributed by atoms with Gasteiger partial charge in [0.05, 0.1) is 26.0 Å². The van der Waals surface area contributed by atoms with Crippen molar-refractivity contribution < 1.29 is 14.3 Å². The summed E-state index contributed by atoms with van der Waals surface area (Å²) in [5, 5.41) is 0.352. The summed E-state index contributed by atoms with van der Waals surface area (Å²) in [6, 6.07) is 5.76. The van der Waals surface area contributed by atoms with Crippen molar-refractivity contribution in [2.75, 3.05) is 32.7 Å². The number of anilines is 1. The van der Waals surface area contributed by atoms with E-state index in [4.69, 9.17) is 21.1 Å². The molecule has 1 fully saturated rings. The first kappa shape index (κ1) is 16.2. The Kier molecular flexibility index (Phi) is 3.65. The van der Waals surface area contributed by atoms with Crippen molar-refractivity contribution in [3.8, 4) is 16.9 Å². The lowest BCUT2D eigenvalue weighted by Gasteiger charge is -2.17. The van der Waals surface area contributed by atoms with E-state index in [1.165, 1.54) is 25.5 Å². The summed E-state index contributed by atoms with van der Waals surface area (Å²) in [6.07, 6.45) is 3.93. The van der Waals surface area contributed by atoms with Gasteiger partial charge in [-0.25, -0.2) is 9.78 Å². The van der Waals surface area contributed by atoms with E-state index < -0.39 is 0 Å². The Morgan fingerprint density at radius 2 is 2.00 bits per heavy atom. The van der Waals surface area contributed by atoms with Gasteiger partial charge >= 0.3 is 5.97 Å². The Balaban J connectivity index is 1.99. The highest BCUT2D eigenvalue weighted by Gasteiger charge is 2.51. The molecule has 1 aliphatic heterocycles. The molecule has 6 heteroatoms. The van der Waals surface area contributed by atoms with Gasteiger partial charge in [-0.15, -0.1) is 0 Å². The molecule has 0 unspecified atom stereocenters. The molecule has 2 heterocycles. The number of hydrogen-bond donors (Lipinski definition) is 0. The Morgan fingerprint density at radius 1 is 1.24 bits per heavy atom. The lowest BCUT2D eigenvalue weighted by atomic mass is 9.91. The van der Waals surface area contributed by atoms with E-state index in [1.54, 1.807) is 19.4 Å². The fourth-order valence-electron chi connectivity index (χ4n) is 3.82. The molecule has 1 aromatic heterocycles. The summed E-state index contributed by atoms with van der Waals surface area (Å²) in [5.74, 6) is 0.198. The number of hydrogen-bond acceptors (Lipinski definition) is 5. The van der Waals surface area contributed by atoms with E-state index >= 15 is 0 Å². The largest absolute Gasteiger partial charge is 0.494 e. The van der Waals surface area contributed by atoms with Crippen LogP contribution in [0, 0.1) is 0 Å². The van der Waals surface area contributed by atoms with Gasteiger partial charge in [0.25, 0.3) is 0 Å². The van der Waals surface area contributed by atoms with Gasteiger partial charge in [0.15, 0.2) is 0 Å². The van der Waals surface area contributed by atoms with Crippen LogP contribution in [-0.2, 0) is 10.2 Å². The highest BCUT2D eigenvalue weighted by atomic mass is 35.5. The zero-order chi connectivity index (χ0) is 17.8. The highest BCUT2D eigenvalue weighted by Crippen LogP contribution is 2.57. The normalized spacial score (nSPS) is 16.7. The molecule has 2 aliphatic rings. The van der Waals surface area contributed by atoms with Gasteiger partial charge in [-0.05, 0) is 36.6 Å². The molecule has 0 N–H and O–H groups in total. The zero-order valence-corrected chi connectivity index (χ0v) is 15.2. The minimum Gasteiger partial charge on any atom is -0.494 e. The van der Waals surface area contributed by atoms with Crippen molar-refractivity contribution in [3.63, 3.8) is 0 Å². The fraction of sp³-hybridized carbons (Fsp3) is 0.368. The van der Waals surface area contributed by atoms with Crippen molar-refractivity contribution in [1.29, 1.82) is 0 Å². The third kappa shape index (κ3) is 2.45. The summed E-state index contributed by atoms with van der Waals surface area (Å²) in [6.45, 7) is 0.987. The van der Waals surface area contributed by atoms with E-state index in [2.05, 4.69) is 23.0 Å². The first-order chi connectivity index (χ1) is 12.0. The smallest absolute Gasteiger partial charge is 0.338 e. The van der Waals surface area contributed by atoms with Gasteiger partial charge in [0.2, 0.25) is 0 Å². The minimum absolute atomic E-state index is 0.220. The number of fused-ring (bicyclic) bond motifs is 2. The molecule has 25 heavy (non-hydrogen) atoms. The molecule has 1 aromatic carbocycles. The number of pyridine rings is 1. The maximum absolute atomic E-state index is 12.4. The molecule has 1 aliphatic carbocycles. The van der Waals surface area contributed by atoms with E-state index in [9.17, 15) is 4.79 Å². The quantitative estimate of drug-likeness (QED) is 0.619. The fourth-order valence-corrected chi connectivity index (χ4v) is 3.98. The summed E-state index contributed by atoms with van der Waals surface area (Å²) in [4.78, 5) is 18.7. The summed E-state index contributed by atoms with van der Waals surface area (Å²) >= 11 is 6.11. The minimum atomic E-state index is -0.377. The highest BCUT2D eigenvalue weighted by molar-refractivity contribution is 6.29. The van der Waals surface area contributed by atoms with Gasteiger partial charge in [-0.3, -0.25) is 0 Å². The van der Waals surface area contributed by atoms with Gasteiger partial charge in [0.1, 0.15) is 10.9 Å². The average molecular weight is 359 g/mol. The molecule has 0 atom stereocenters. The standard InChI is InChI=1S/C19H19ClN2O3/c1-22-10-19(4-5-19)14-6-11(13(7-15(14)22)18(23)25-3)12-8-17(20)21-9-16(12)24-2/h6-9H,4-5,10H2,1-3H3. The van der Waals surface area contributed by atoms with Crippen LogP contribution < -0.4 is 9.64 Å². The number of aromatic nitrogens is 1. The van der Waals surface area contributed by atoms with Crippen LogP contribution in [0.5, 0.6) is 5.75 Å². The SMILES string of the molecule is COC(=O)c1cc2c(cc1-c1cc(Cl)ncc1OC)C1(CC1)CN2C.